The van der Waals surface area contributed by atoms with Crippen molar-refractivity contribution in [2.24, 2.45) is 5.92 Å². The molecule has 1 aliphatic carbocycles. The van der Waals surface area contributed by atoms with Crippen LogP contribution in [0.1, 0.15) is 12.8 Å². The lowest BCUT2D eigenvalue weighted by molar-refractivity contribution is 0.299. The first-order chi connectivity index (χ1) is 10.8. The van der Waals surface area contributed by atoms with Crippen LogP contribution in [0.15, 0.2) is 36.8 Å². The largest absolute Gasteiger partial charge is 0.492 e. The highest BCUT2D eigenvalue weighted by molar-refractivity contribution is 6.32. The molecule has 2 heterocycles. The van der Waals surface area contributed by atoms with Crippen molar-refractivity contribution in [3.63, 3.8) is 0 Å². The molecule has 1 fully saturated rings. The molecule has 0 unspecified atom stereocenters. The molecule has 0 spiro atoms. The number of halogens is 1. The van der Waals surface area contributed by atoms with Gasteiger partial charge in [-0.15, -0.1) is 0 Å². The Morgan fingerprint density at radius 2 is 2.14 bits per heavy atom. The molecule has 0 atom stereocenters. The van der Waals surface area contributed by atoms with Crippen molar-refractivity contribution in [1.29, 1.82) is 0 Å². The molecule has 0 saturated heterocycles. The van der Waals surface area contributed by atoms with Crippen LogP contribution in [0, 0.1) is 5.92 Å². The third-order valence-electron chi connectivity index (χ3n) is 3.61. The third kappa shape index (κ3) is 2.72. The van der Waals surface area contributed by atoms with E-state index in [1.807, 2.05) is 18.2 Å². The molecule has 1 N–H and O–H groups in total. The summed E-state index contributed by atoms with van der Waals surface area (Å²) in [7, 11) is 0. The number of H-pyrrole nitrogens is 1. The van der Waals surface area contributed by atoms with Crippen molar-refractivity contribution >= 4 is 22.6 Å². The van der Waals surface area contributed by atoms with Crippen LogP contribution in [0.25, 0.3) is 11.0 Å². The summed E-state index contributed by atoms with van der Waals surface area (Å²) in [5, 5.41) is 1.37. The number of nitrogens with one attached hydrogen (secondary N) is 1. The molecular formula is C16H14ClN3O2. The maximum absolute atomic E-state index is 6.25. The average molecular weight is 316 g/mol. The molecule has 1 aromatic carbocycles. The summed E-state index contributed by atoms with van der Waals surface area (Å²) in [6.45, 7) is 0.732. The van der Waals surface area contributed by atoms with Crippen molar-refractivity contribution in [3.8, 4) is 17.4 Å². The van der Waals surface area contributed by atoms with Crippen LogP contribution in [-0.2, 0) is 0 Å². The summed E-state index contributed by atoms with van der Waals surface area (Å²) in [5.74, 6) is 2.49. The van der Waals surface area contributed by atoms with Gasteiger partial charge >= 0.3 is 0 Å². The van der Waals surface area contributed by atoms with Crippen LogP contribution in [0.3, 0.4) is 0 Å². The van der Waals surface area contributed by atoms with Crippen molar-refractivity contribution in [3.05, 3.63) is 41.8 Å². The maximum Gasteiger partial charge on any atom is 0.231 e. The zero-order valence-electron chi connectivity index (χ0n) is 11.8. The van der Waals surface area contributed by atoms with Gasteiger partial charge in [-0.3, -0.25) is 0 Å². The minimum atomic E-state index is 0.494. The summed E-state index contributed by atoms with van der Waals surface area (Å²) in [6.07, 6.45) is 5.76. The van der Waals surface area contributed by atoms with E-state index in [9.17, 15) is 0 Å². The number of aromatic amines is 1. The fraction of sp³-hybridized carbons (Fsp3) is 0.250. The van der Waals surface area contributed by atoms with Gasteiger partial charge in [-0.2, -0.15) is 0 Å². The second-order valence-corrected chi connectivity index (χ2v) is 5.77. The van der Waals surface area contributed by atoms with E-state index in [0.717, 1.165) is 17.6 Å². The Morgan fingerprint density at radius 1 is 1.23 bits per heavy atom. The second-order valence-electron chi connectivity index (χ2n) is 5.37. The first-order valence-electron chi connectivity index (χ1n) is 7.18. The Labute approximate surface area is 132 Å². The van der Waals surface area contributed by atoms with E-state index in [1.165, 1.54) is 19.2 Å². The zero-order valence-corrected chi connectivity index (χ0v) is 12.5. The molecule has 22 heavy (non-hydrogen) atoms. The van der Waals surface area contributed by atoms with Crippen LogP contribution in [-0.4, -0.2) is 21.6 Å². The minimum absolute atomic E-state index is 0.494. The number of rotatable bonds is 5. The number of aromatic nitrogens is 3. The number of benzene rings is 1. The van der Waals surface area contributed by atoms with E-state index in [4.69, 9.17) is 21.1 Å². The highest BCUT2D eigenvalue weighted by Crippen LogP contribution is 2.34. The van der Waals surface area contributed by atoms with E-state index < -0.39 is 0 Å². The predicted octanol–water partition coefficient (Wildman–Crippen LogP) is 4.19. The molecule has 1 saturated carbocycles. The number of ether oxygens (including phenoxy) is 2. The normalized spacial score (nSPS) is 14.2. The lowest BCUT2D eigenvalue weighted by Gasteiger charge is -2.10. The van der Waals surface area contributed by atoms with E-state index in [0.29, 0.717) is 28.3 Å². The fourth-order valence-corrected chi connectivity index (χ4v) is 2.42. The molecule has 0 radical (unpaired) electrons. The van der Waals surface area contributed by atoms with Gasteiger partial charge in [0, 0.05) is 12.3 Å². The topological polar surface area (TPSA) is 60.0 Å². The minimum Gasteiger partial charge on any atom is -0.492 e. The van der Waals surface area contributed by atoms with Crippen LogP contribution in [0.4, 0.5) is 0 Å². The molecule has 5 nitrogen and oxygen atoms in total. The second kappa shape index (κ2) is 5.50. The highest BCUT2D eigenvalue weighted by atomic mass is 35.5. The Morgan fingerprint density at radius 3 is 2.95 bits per heavy atom. The number of nitrogens with zero attached hydrogens (tertiary/aromatic N) is 2. The summed E-state index contributed by atoms with van der Waals surface area (Å²) < 4.78 is 11.5. The van der Waals surface area contributed by atoms with Gasteiger partial charge in [0.25, 0.3) is 0 Å². The number of hydrogen-bond donors (Lipinski definition) is 1. The Kier molecular flexibility index (Phi) is 3.35. The van der Waals surface area contributed by atoms with Crippen molar-refractivity contribution in [2.45, 2.75) is 12.8 Å². The van der Waals surface area contributed by atoms with Gasteiger partial charge in [-0.25, -0.2) is 9.97 Å². The quantitative estimate of drug-likeness (QED) is 0.767. The average Bonchev–Trinajstić information content (AvgIpc) is 3.21. The van der Waals surface area contributed by atoms with E-state index in [-0.39, 0.29) is 0 Å². The molecule has 0 amide bonds. The summed E-state index contributed by atoms with van der Waals surface area (Å²) in [4.78, 5) is 11.3. The lowest BCUT2D eigenvalue weighted by Crippen LogP contribution is -1.99. The molecule has 112 valence electrons. The molecule has 3 aromatic rings. The van der Waals surface area contributed by atoms with Gasteiger partial charge in [0.1, 0.15) is 23.5 Å². The van der Waals surface area contributed by atoms with E-state index in [2.05, 4.69) is 15.0 Å². The molecule has 0 aliphatic heterocycles. The van der Waals surface area contributed by atoms with Crippen molar-refractivity contribution < 1.29 is 9.47 Å². The highest BCUT2D eigenvalue weighted by Gasteiger charge is 2.22. The van der Waals surface area contributed by atoms with Crippen LogP contribution in [0.5, 0.6) is 17.4 Å². The Bertz CT molecular complexity index is 814. The van der Waals surface area contributed by atoms with Crippen LogP contribution in [0.2, 0.25) is 5.02 Å². The molecule has 0 bridgehead atoms. The fourth-order valence-electron chi connectivity index (χ4n) is 2.20. The Hall–Kier alpha value is -2.27. The smallest absolute Gasteiger partial charge is 0.231 e. The van der Waals surface area contributed by atoms with Gasteiger partial charge in [-0.05, 0) is 37.0 Å². The number of hydrogen-bond acceptors (Lipinski definition) is 4. The first kappa shape index (κ1) is 13.4. The van der Waals surface area contributed by atoms with Gasteiger partial charge in [0.15, 0.2) is 0 Å². The van der Waals surface area contributed by atoms with Crippen LogP contribution >= 0.6 is 11.6 Å². The zero-order chi connectivity index (χ0) is 14.9. The molecule has 6 heteroatoms. The van der Waals surface area contributed by atoms with Gasteiger partial charge in [0.2, 0.25) is 5.88 Å². The van der Waals surface area contributed by atoms with Crippen molar-refractivity contribution in [2.75, 3.05) is 6.61 Å². The van der Waals surface area contributed by atoms with Gasteiger partial charge in [0.05, 0.1) is 17.0 Å². The predicted molar refractivity (Wildman–Crippen MR) is 83.6 cm³/mol. The molecular weight excluding hydrogens is 302 g/mol. The van der Waals surface area contributed by atoms with Crippen molar-refractivity contribution in [1.82, 2.24) is 15.0 Å². The monoisotopic (exact) mass is 315 g/mol. The summed E-state index contributed by atoms with van der Waals surface area (Å²) in [5.41, 5.74) is 0.737. The third-order valence-corrected chi connectivity index (χ3v) is 3.90. The van der Waals surface area contributed by atoms with Crippen LogP contribution < -0.4 is 9.47 Å². The Balaban J connectivity index is 1.55. The lowest BCUT2D eigenvalue weighted by atomic mass is 10.3. The van der Waals surface area contributed by atoms with Gasteiger partial charge < -0.3 is 14.5 Å². The SMILES string of the molecule is Clc1cc(Oc2ncnc3[nH]ccc23)ccc1OCC1CC1. The molecule has 4 rings (SSSR count). The van der Waals surface area contributed by atoms with E-state index >= 15 is 0 Å². The van der Waals surface area contributed by atoms with Gasteiger partial charge in [-0.1, -0.05) is 11.6 Å². The van der Waals surface area contributed by atoms with E-state index in [1.54, 1.807) is 12.3 Å². The maximum atomic E-state index is 6.25. The summed E-state index contributed by atoms with van der Waals surface area (Å²) in [6, 6.07) is 7.27. The summed E-state index contributed by atoms with van der Waals surface area (Å²) >= 11 is 6.25. The molecule has 2 aromatic heterocycles. The first-order valence-corrected chi connectivity index (χ1v) is 7.56. The number of fused-ring (bicyclic) bond motifs is 1. The standard InChI is InChI=1S/C16H14ClN3O2/c17-13-7-11(3-4-14(13)21-8-10-1-2-10)22-16-12-5-6-18-15(12)19-9-20-16/h3-7,9-10H,1-2,8H2,(H,18,19,20). The molecule has 1 aliphatic rings.